The summed E-state index contributed by atoms with van der Waals surface area (Å²) in [6.45, 7) is 0.606. The van der Waals surface area contributed by atoms with Crippen molar-refractivity contribution < 1.29 is 27.0 Å². The number of hydrogen-bond acceptors (Lipinski definition) is 3. The van der Waals surface area contributed by atoms with Gasteiger partial charge >= 0.3 is 0 Å². The number of benzene rings is 2. The van der Waals surface area contributed by atoms with Crippen LogP contribution in [-0.2, 0) is 22.4 Å². The number of amides is 2. The number of carbonyl (C=O) groups is 2. The van der Waals surface area contributed by atoms with Crippen molar-refractivity contribution in [3.05, 3.63) is 102 Å². The Hall–Kier alpha value is -2.93. The summed E-state index contributed by atoms with van der Waals surface area (Å²) in [4.78, 5) is 32.7. The average molecular weight is 515 g/mol. The van der Waals surface area contributed by atoms with E-state index in [2.05, 4.69) is 4.98 Å². The van der Waals surface area contributed by atoms with Gasteiger partial charge in [-0.15, -0.1) is 12.4 Å². The molecule has 0 saturated carbocycles. The fraction of sp³-hybridized carbons (Fsp3) is 0.296. The van der Waals surface area contributed by atoms with Crippen LogP contribution in [0.4, 0.5) is 0 Å². The van der Waals surface area contributed by atoms with E-state index in [1.54, 1.807) is 9.80 Å². The minimum atomic E-state index is -0.640. The van der Waals surface area contributed by atoms with E-state index in [9.17, 15) is 9.59 Å². The van der Waals surface area contributed by atoms with E-state index in [4.69, 9.17) is 5.73 Å². The number of aromatic nitrogens is 1. The molecule has 2 amide bonds. The highest BCUT2D eigenvalue weighted by Crippen LogP contribution is 2.31. The van der Waals surface area contributed by atoms with Crippen LogP contribution in [0.1, 0.15) is 35.7 Å². The number of hydrogen-bond donors (Lipinski definition) is 1. The molecule has 1 aliphatic heterocycles. The van der Waals surface area contributed by atoms with Gasteiger partial charge in [-0.1, -0.05) is 66.7 Å². The molecule has 1 saturated heterocycles. The summed E-state index contributed by atoms with van der Waals surface area (Å²) in [5.74, 6) is -0.105. The molecule has 3 aromatic rings. The molecular formula is C27H32Cl2N4O2. The number of pyridine rings is 1. The minimum Gasteiger partial charge on any atom is -1.00 e. The second-order valence-corrected chi connectivity index (χ2v) is 8.52. The van der Waals surface area contributed by atoms with Crippen molar-refractivity contribution in [1.29, 1.82) is 0 Å². The third kappa shape index (κ3) is 7.04. The van der Waals surface area contributed by atoms with Crippen molar-refractivity contribution in [2.45, 2.75) is 43.9 Å². The van der Waals surface area contributed by atoms with Gasteiger partial charge in [0.1, 0.15) is 6.17 Å². The summed E-state index contributed by atoms with van der Waals surface area (Å²) < 4.78 is 0. The highest BCUT2D eigenvalue weighted by atomic mass is 35.5. The Kier molecular flexibility index (Phi) is 11.2. The van der Waals surface area contributed by atoms with Crippen molar-refractivity contribution >= 4 is 24.7 Å². The zero-order valence-corrected chi connectivity index (χ0v) is 21.1. The maximum Gasteiger partial charge on any atom is 0.241 e. The maximum absolute atomic E-state index is 13.4. The van der Waals surface area contributed by atoms with E-state index in [1.807, 2.05) is 85.1 Å². The number of halogens is 2. The van der Waals surface area contributed by atoms with Crippen LogP contribution in [-0.4, -0.2) is 40.9 Å². The first-order valence-electron chi connectivity index (χ1n) is 11.5. The van der Waals surface area contributed by atoms with Crippen LogP contribution in [0.3, 0.4) is 0 Å². The first-order valence-corrected chi connectivity index (χ1v) is 11.5. The zero-order valence-electron chi connectivity index (χ0n) is 19.5. The van der Waals surface area contributed by atoms with Gasteiger partial charge in [0, 0.05) is 18.7 Å². The Balaban J connectivity index is 0.00000216. The SMILES string of the molecule is Cl.N[C@@H](Cc1ccccc1)C(=O)N1CCCC1N(C=O)[C@@H](Cc1cccc[nH+]1)c1ccccc1.[Cl-]. The molecule has 1 fully saturated rings. The van der Waals surface area contributed by atoms with E-state index >= 15 is 0 Å². The van der Waals surface area contributed by atoms with Crippen LogP contribution in [0.25, 0.3) is 0 Å². The van der Waals surface area contributed by atoms with Gasteiger partial charge in [-0.25, -0.2) is 4.98 Å². The highest BCUT2D eigenvalue weighted by molar-refractivity contribution is 5.85. The summed E-state index contributed by atoms with van der Waals surface area (Å²) in [7, 11) is 0. The summed E-state index contributed by atoms with van der Waals surface area (Å²) in [5, 5.41) is 0. The Bertz CT molecular complexity index is 1040. The molecule has 2 heterocycles. The molecule has 35 heavy (non-hydrogen) atoms. The van der Waals surface area contributed by atoms with E-state index in [-0.39, 0.29) is 42.9 Å². The molecule has 2 aromatic carbocycles. The summed E-state index contributed by atoms with van der Waals surface area (Å²) in [6, 6.07) is 24.9. The van der Waals surface area contributed by atoms with Crippen LogP contribution in [0, 0.1) is 0 Å². The summed E-state index contributed by atoms with van der Waals surface area (Å²) >= 11 is 0. The van der Waals surface area contributed by atoms with Crippen LogP contribution in [0.5, 0.6) is 0 Å². The van der Waals surface area contributed by atoms with Gasteiger partial charge in [-0.3, -0.25) is 9.59 Å². The van der Waals surface area contributed by atoms with Gasteiger partial charge in [0.05, 0.1) is 18.5 Å². The van der Waals surface area contributed by atoms with Crippen LogP contribution >= 0.6 is 12.4 Å². The fourth-order valence-electron chi connectivity index (χ4n) is 4.67. The highest BCUT2D eigenvalue weighted by Gasteiger charge is 2.38. The lowest BCUT2D eigenvalue weighted by Crippen LogP contribution is -3.00. The molecule has 1 aliphatic rings. The predicted octanol–water partition coefficient (Wildman–Crippen LogP) is 0.187. The first-order chi connectivity index (χ1) is 16.2. The monoisotopic (exact) mass is 514 g/mol. The fourth-order valence-corrected chi connectivity index (χ4v) is 4.67. The van der Waals surface area contributed by atoms with Gasteiger partial charge in [-0.05, 0) is 30.4 Å². The standard InChI is InChI=1S/C27H30N4O2.2ClH/c28-24(18-21-10-3-1-4-11-21)27(33)30-17-9-15-26(30)31(20-32)25(22-12-5-2-6-13-22)19-23-14-7-8-16-29-23;;/h1-8,10-14,16,20,24-26H,9,15,17-19,28H2;2*1H/t24-,25-,26?;;/m0../s1. The summed E-state index contributed by atoms with van der Waals surface area (Å²) in [5.41, 5.74) is 9.43. The van der Waals surface area contributed by atoms with Gasteiger partial charge in [0.15, 0.2) is 11.9 Å². The Morgan fingerprint density at radius 1 is 1.03 bits per heavy atom. The van der Waals surface area contributed by atoms with Crippen molar-refractivity contribution in [3.63, 3.8) is 0 Å². The molecule has 4 rings (SSSR count). The molecule has 0 spiro atoms. The van der Waals surface area contributed by atoms with Crippen LogP contribution < -0.4 is 23.1 Å². The molecule has 1 unspecified atom stereocenters. The van der Waals surface area contributed by atoms with E-state index in [0.717, 1.165) is 36.1 Å². The average Bonchev–Trinajstić information content (AvgIpc) is 3.35. The molecule has 1 aromatic heterocycles. The molecule has 0 bridgehead atoms. The number of carbonyl (C=O) groups excluding carboxylic acids is 2. The molecule has 6 nitrogen and oxygen atoms in total. The zero-order chi connectivity index (χ0) is 23.0. The number of nitrogens with zero attached hydrogens (tertiary/aromatic N) is 2. The normalized spacial score (nSPS) is 16.4. The van der Waals surface area contributed by atoms with E-state index in [1.165, 1.54) is 0 Å². The molecule has 8 heteroatoms. The smallest absolute Gasteiger partial charge is 0.241 e. The second kappa shape index (κ2) is 13.8. The third-order valence-corrected chi connectivity index (χ3v) is 6.32. The third-order valence-electron chi connectivity index (χ3n) is 6.32. The number of rotatable bonds is 9. The lowest BCUT2D eigenvalue weighted by Gasteiger charge is -2.38. The lowest BCUT2D eigenvalue weighted by molar-refractivity contribution is -0.391. The first kappa shape index (κ1) is 28.3. The van der Waals surface area contributed by atoms with Crippen molar-refractivity contribution in [1.82, 2.24) is 9.80 Å². The Morgan fingerprint density at radius 3 is 2.31 bits per heavy atom. The van der Waals surface area contributed by atoms with Gasteiger partial charge in [0.2, 0.25) is 12.3 Å². The lowest BCUT2D eigenvalue weighted by atomic mass is 9.99. The topological polar surface area (TPSA) is 80.8 Å². The minimum absolute atomic E-state index is 0. The number of nitrogens with one attached hydrogen (secondary N) is 1. The number of H-pyrrole nitrogens is 1. The molecule has 186 valence electrons. The summed E-state index contributed by atoms with van der Waals surface area (Å²) in [6.07, 6.45) is 5.15. The quantitative estimate of drug-likeness (QED) is 0.414. The number of nitrogens with two attached hydrogens (primary N) is 1. The van der Waals surface area contributed by atoms with Crippen molar-refractivity contribution in [2.24, 2.45) is 5.73 Å². The molecule has 3 N–H and O–H groups in total. The number of aromatic amines is 1. The van der Waals surface area contributed by atoms with Gasteiger partial charge in [-0.2, -0.15) is 0 Å². The Labute approximate surface area is 219 Å². The second-order valence-electron chi connectivity index (χ2n) is 8.52. The van der Waals surface area contributed by atoms with E-state index in [0.29, 0.717) is 19.4 Å². The van der Waals surface area contributed by atoms with Gasteiger partial charge in [0.25, 0.3) is 0 Å². The van der Waals surface area contributed by atoms with Crippen molar-refractivity contribution in [2.75, 3.05) is 6.54 Å². The van der Waals surface area contributed by atoms with Gasteiger partial charge < -0.3 is 27.9 Å². The molecule has 0 aliphatic carbocycles. The van der Waals surface area contributed by atoms with Crippen molar-refractivity contribution in [3.8, 4) is 0 Å². The van der Waals surface area contributed by atoms with Crippen LogP contribution in [0.15, 0.2) is 85.1 Å². The Morgan fingerprint density at radius 2 is 1.69 bits per heavy atom. The number of likely N-dealkylation sites (tertiary alicyclic amines) is 1. The molecular weight excluding hydrogens is 483 g/mol. The maximum atomic E-state index is 13.4. The predicted molar refractivity (Wildman–Crippen MR) is 134 cm³/mol. The van der Waals surface area contributed by atoms with E-state index < -0.39 is 6.04 Å². The van der Waals surface area contributed by atoms with Crippen LogP contribution in [0.2, 0.25) is 0 Å². The molecule has 3 atom stereocenters. The molecule has 0 radical (unpaired) electrons. The largest absolute Gasteiger partial charge is 1.00 e.